The van der Waals surface area contributed by atoms with Crippen LogP contribution < -0.4 is 9.62 Å². The summed E-state index contributed by atoms with van der Waals surface area (Å²) >= 11 is 5.67. The summed E-state index contributed by atoms with van der Waals surface area (Å²) in [4.78, 5) is 27.5. The van der Waals surface area contributed by atoms with Crippen LogP contribution in [0.25, 0.3) is 0 Å². The third kappa shape index (κ3) is 7.60. The van der Waals surface area contributed by atoms with Gasteiger partial charge in [0.1, 0.15) is 12.6 Å². The van der Waals surface area contributed by atoms with Crippen LogP contribution in [-0.4, -0.2) is 50.5 Å². The number of carbonyl (C=O) groups is 2. The zero-order chi connectivity index (χ0) is 27.3. The van der Waals surface area contributed by atoms with Crippen molar-refractivity contribution in [3.05, 3.63) is 64.2 Å². The number of aryl methyl sites for hydroxylation is 1. The first-order chi connectivity index (χ1) is 16.7. The Hall–Kier alpha value is -2.79. The number of amides is 2. The van der Waals surface area contributed by atoms with Crippen molar-refractivity contribution in [1.82, 2.24) is 10.2 Å². The maximum Gasteiger partial charge on any atom is 0.417 e. The van der Waals surface area contributed by atoms with Gasteiger partial charge in [-0.15, -0.1) is 0 Å². The van der Waals surface area contributed by atoms with Crippen molar-refractivity contribution >= 4 is 39.1 Å². The number of hydrogen-bond donors (Lipinski definition) is 1. The minimum absolute atomic E-state index is 0.000769. The lowest BCUT2D eigenvalue weighted by atomic mass is 10.1. The first-order valence-electron chi connectivity index (χ1n) is 11.2. The number of likely N-dealkylation sites (N-methyl/N-ethyl adjacent to an activating group) is 1. The van der Waals surface area contributed by atoms with Crippen LogP contribution in [0.15, 0.2) is 42.5 Å². The van der Waals surface area contributed by atoms with Crippen molar-refractivity contribution in [1.29, 1.82) is 0 Å². The molecule has 1 N–H and O–H groups in total. The molecule has 0 fully saturated rings. The normalized spacial score (nSPS) is 12.7. The highest BCUT2D eigenvalue weighted by molar-refractivity contribution is 7.92. The number of nitrogens with one attached hydrogen (secondary N) is 1. The molecule has 2 rings (SSSR count). The molecule has 198 valence electrons. The molecule has 0 spiro atoms. The molecule has 7 nitrogen and oxygen atoms in total. The van der Waals surface area contributed by atoms with Gasteiger partial charge in [-0.05, 0) is 44.0 Å². The van der Waals surface area contributed by atoms with E-state index in [0.717, 1.165) is 24.0 Å². The van der Waals surface area contributed by atoms with E-state index in [-0.39, 0.29) is 18.7 Å². The van der Waals surface area contributed by atoms with Crippen molar-refractivity contribution in [3.8, 4) is 0 Å². The SMILES string of the molecule is CCNC(=O)[C@H](CC)N(Cc1ccc(C)cc1)C(=O)CN(c1ccc(Cl)c(C(F)(F)F)c1)S(C)(=O)=O. The lowest BCUT2D eigenvalue weighted by Crippen LogP contribution is -2.52. The van der Waals surface area contributed by atoms with E-state index in [2.05, 4.69) is 5.32 Å². The monoisotopic (exact) mass is 547 g/mol. The molecule has 0 saturated carbocycles. The van der Waals surface area contributed by atoms with E-state index >= 15 is 0 Å². The summed E-state index contributed by atoms with van der Waals surface area (Å²) in [6.07, 6.45) is -3.81. The Labute approximate surface area is 214 Å². The predicted molar refractivity (Wildman–Crippen MR) is 133 cm³/mol. The van der Waals surface area contributed by atoms with Gasteiger partial charge in [-0.3, -0.25) is 13.9 Å². The van der Waals surface area contributed by atoms with E-state index < -0.39 is 51.2 Å². The quantitative estimate of drug-likeness (QED) is 0.478. The van der Waals surface area contributed by atoms with Gasteiger partial charge in [-0.2, -0.15) is 13.2 Å². The maximum absolute atomic E-state index is 13.5. The number of anilines is 1. The Bertz CT molecular complexity index is 1190. The molecule has 2 aromatic carbocycles. The third-order valence-corrected chi connectivity index (χ3v) is 6.90. The van der Waals surface area contributed by atoms with Crippen molar-refractivity contribution < 1.29 is 31.2 Å². The average molecular weight is 548 g/mol. The first-order valence-corrected chi connectivity index (χ1v) is 13.4. The Morgan fingerprint density at radius 2 is 1.69 bits per heavy atom. The highest BCUT2D eigenvalue weighted by Crippen LogP contribution is 2.37. The molecule has 0 aliphatic rings. The zero-order valence-electron chi connectivity index (χ0n) is 20.4. The second-order valence-electron chi connectivity index (χ2n) is 8.26. The van der Waals surface area contributed by atoms with Crippen LogP contribution in [0.2, 0.25) is 5.02 Å². The summed E-state index contributed by atoms with van der Waals surface area (Å²) in [5, 5.41) is 2.07. The second-order valence-corrected chi connectivity index (χ2v) is 10.6. The number of alkyl halides is 3. The van der Waals surface area contributed by atoms with Gasteiger partial charge in [0, 0.05) is 13.1 Å². The van der Waals surface area contributed by atoms with E-state index in [1.165, 1.54) is 4.90 Å². The van der Waals surface area contributed by atoms with Crippen LogP contribution in [0.3, 0.4) is 0 Å². The Balaban J connectivity index is 2.51. The van der Waals surface area contributed by atoms with Gasteiger partial charge in [0.15, 0.2) is 0 Å². The smallest absolute Gasteiger partial charge is 0.355 e. The van der Waals surface area contributed by atoms with Crippen molar-refractivity contribution in [2.24, 2.45) is 0 Å². The number of benzene rings is 2. The topological polar surface area (TPSA) is 86.8 Å². The Morgan fingerprint density at radius 1 is 1.08 bits per heavy atom. The molecule has 0 saturated heterocycles. The predicted octanol–water partition coefficient (Wildman–Crippen LogP) is 4.38. The lowest BCUT2D eigenvalue weighted by Gasteiger charge is -2.33. The molecule has 1 atom stereocenters. The number of rotatable bonds is 10. The minimum Gasteiger partial charge on any atom is -0.355 e. The standard InChI is InChI=1S/C24H29ClF3N3O4S/c1-5-21(23(33)29-6-2)30(14-17-9-7-16(3)8-10-17)22(32)15-31(36(4,34)35)18-11-12-20(25)19(13-18)24(26,27)28/h7-13,21H,5-6,14-15H2,1-4H3,(H,29,33)/t21-/m0/s1. The van der Waals surface area contributed by atoms with Crippen molar-refractivity contribution in [2.75, 3.05) is 23.7 Å². The van der Waals surface area contributed by atoms with Gasteiger partial charge in [0.2, 0.25) is 21.8 Å². The number of hydrogen-bond acceptors (Lipinski definition) is 4. The molecule has 12 heteroatoms. The highest BCUT2D eigenvalue weighted by Gasteiger charge is 2.36. The van der Waals surface area contributed by atoms with Gasteiger partial charge in [-0.1, -0.05) is 48.4 Å². The van der Waals surface area contributed by atoms with E-state index in [9.17, 15) is 31.2 Å². The molecule has 0 radical (unpaired) electrons. The van der Waals surface area contributed by atoms with Crippen molar-refractivity contribution in [2.45, 2.75) is 46.0 Å². The van der Waals surface area contributed by atoms with Crippen LogP contribution in [0.5, 0.6) is 0 Å². The van der Waals surface area contributed by atoms with Crippen LogP contribution in [-0.2, 0) is 32.3 Å². The summed E-state index contributed by atoms with van der Waals surface area (Å²) in [5.41, 5.74) is 0.0873. The minimum atomic E-state index is -4.83. The summed E-state index contributed by atoms with van der Waals surface area (Å²) in [6.45, 7) is 4.84. The van der Waals surface area contributed by atoms with E-state index in [1.807, 2.05) is 19.1 Å². The molecule has 0 unspecified atom stereocenters. The van der Waals surface area contributed by atoms with Crippen molar-refractivity contribution in [3.63, 3.8) is 0 Å². The third-order valence-electron chi connectivity index (χ3n) is 5.43. The molecule has 36 heavy (non-hydrogen) atoms. The molecule has 0 aromatic heterocycles. The average Bonchev–Trinajstić information content (AvgIpc) is 2.77. The Morgan fingerprint density at radius 3 is 2.19 bits per heavy atom. The highest BCUT2D eigenvalue weighted by atomic mass is 35.5. The lowest BCUT2D eigenvalue weighted by molar-refractivity contribution is -0.140. The molecule has 0 aliphatic heterocycles. The van der Waals surface area contributed by atoms with Gasteiger partial charge < -0.3 is 10.2 Å². The van der Waals surface area contributed by atoms with Crippen LogP contribution in [0, 0.1) is 6.92 Å². The summed E-state index contributed by atoms with van der Waals surface area (Å²) in [6, 6.07) is 8.92. The molecule has 2 amide bonds. The number of carbonyl (C=O) groups excluding carboxylic acids is 2. The second kappa shape index (κ2) is 12.0. The molecule has 0 heterocycles. The Kier molecular flexibility index (Phi) is 9.78. The van der Waals surface area contributed by atoms with Crippen LogP contribution in [0.1, 0.15) is 37.0 Å². The fraction of sp³-hybridized carbons (Fsp3) is 0.417. The zero-order valence-corrected chi connectivity index (χ0v) is 22.0. The molecular formula is C24H29ClF3N3O4S. The fourth-order valence-electron chi connectivity index (χ4n) is 3.60. The fourth-order valence-corrected chi connectivity index (χ4v) is 4.67. The number of halogens is 4. The first kappa shape index (κ1) is 29.4. The van der Waals surface area contributed by atoms with E-state index in [1.54, 1.807) is 26.0 Å². The number of sulfonamides is 1. The van der Waals surface area contributed by atoms with E-state index in [0.29, 0.717) is 22.5 Å². The van der Waals surface area contributed by atoms with Gasteiger partial charge in [0.25, 0.3) is 0 Å². The molecule has 0 bridgehead atoms. The van der Waals surface area contributed by atoms with Gasteiger partial charge in [-0.25, -0.2) is 8.42 Å². The maximum atomic E-state index is 13.5. The number of nitrogens with zero attached hydrogens (tertiary/aromatic N) is 2. The van der Waals surface area contributed by atoms with E-state index in [4.69, 9.17) is 11.6 Å². The van der Waals surface area contributed by atoms with Gasteiger partial charge in [0.05, 0.1) is 22.5 Å². The summed E-state index contributed by atoms with van der Waals surface area (Å²) < 4.78 is 65.9. The largest absolute Gasteiger partial charge is 0.417 e. The molecule has 0 aliphatic carbocycles. The molecule has 2 aromatic rings. The summed E-state index contributed by atoms with van der Waals surface area (Å²) in [5.74, 6) is -1.17. The molecular weight excluding hydrogens is 519 g/mol. The summed E-state index contributed by atoms with van der Waals surface area (Å²) in [7, 11) is -4.19. The van der Waals surface area contributed by atoms with Gasteiger partial charge >= 0.3 is 6.18 Å². The van der Waals surface area contributed by atoms with Crippen LogP contribution >= 0.6 is 11.6 Å². The van der Waals surface area contributed by atoms with Crippen LogP contribution in [0.4, 0.5) is 18.9 Å².